The maximum Gasteiger partial charge on any atom is 0.124 e. The predicted octanol–water partition coefficient (Wildman–Crippen LogP) is 4.58. The smallest absolute Gasteiger partial charge is 0.124 e. The fraction of sp³-hybridized carbons (Fsp3) is 0.647. The van der Waals surface area contributed by atoms with E-state index in [0.717, 1.165) is 36.1 Å². The van der Waals surface area contributed by atoms with Gasteiger partial charge < -0.3 is 10.2 Å². The minimum absolute atomic E-state index is 0.152. The Kier molecular flexibility index (Phi) is 5.31. The summed E-state index contributed by atoms with van der Waals surface area (Å²) < 4.78 is 14.2. The highest BCUT2D eigenvalue weighted by atomic mass is 79.9. The second-order valence-electron chi connectivity index (χ2n) is 6.40. The van der Waals surface area contributed by atoms with Crippen LogP contribution < -0.4 is 10.2 Å². The van der Waals surface area contributed by atoms with E-state index in [-0.39, 0.29) is 11.4 Å². The summed E-state index contributed by atoms with van der Waals surface area (Å²) in [6, 6.07) is 5.45. The molecule has 1 aromatic rings. The monoisotopic (exact) mass is 356 g/mol. The summed E-state index contributed by atoms with van der Waals surface area (Å²) >= 11 is 3.54. The largest absolute Gasteiger partial charge is 0.364 e. The standard InChI is InChI=1S/C17H26BrFN2/c1-5-17(6-2)11-21(16(10-20-17)12(3)4)15-8-7-13(19)9-14(15)18/h7-9,12,16,20H,5-6,10-11H2,1-4H3. The maximum absolute atomic E-state index is 13.4. The first-order chi connectivity index (χ1) is 9.92. The molecule has 1 aliphatic rings. The third-order valence-corrected chi connectivity index (χ3v) is 5.54. The van der Waals surface area contributed by atoms with E-state index in [2.05, 4.69) is 53.8 Å². The Bertz CT molecular complexity index is 486. The zero-order chi connectivity index (χ0) is 15.6. The first kappa shape index (κ1) is 16.8. The molecule has 1 N–H and O–H groups in total. The molecule has 0 aromatic heterocycles. The third-order valence-electron chi connectivity index (χ3n) is 4.90. The summed E-state index contributed by atoms with van der Waals surface area (Å²) in [5.41, 5.74) is 1.25. The van der Waals surface area contributed by atoms with Crippen LogP contribution in [-0.2, 0) is 0 Å². The molecule has 0 saturated carbocycles. The SMILES string of the molecule is CCC1(CC)CN(c2ccc(F)cc2Br)C(C(C)C)CN1. The number of rotatable bonds is 4. The van der Waals surface area contributed by atoms with Gasteiger partial charge in [0.2, 0.25) is 0 Å². The molecule has 1 saturated heterocycles. The highest BCUT2D eigenvalue weighted by molar-refractivity contribution is 9.10. The molecule has 1 atom stereocenters. The van der Waals surface area contributed by atoms with Gasteiger partial charge in [-0.2, -0.15) is 0 Å². The first-order valence-corrected chi connectivity index (χ1v) is 8.68. The molecule has 2 nitrogen and oxygen atoms in total. The van der Waals surface area contributed by atoms with E-state index < -0.39 is 0 Å². The quantitative estimate of drug-likeness (QED) is 0.849. The van der Waals surface area contributed by atoms with Gasteiger partial charge in [-0.1, -0.05) is 27.7 Å². The zero-order valence-electron chi connectivity index (χ0n) is 13.4. The van der Waals surface area contributed by atoms with Crippen LogP contribution in [-0.4, -0.2) is 24.7 Å². The molecule has 118 valence electrons. The van der Waals surface area contributed by atoms with Crippen LogP contribution in [0, 0.1) is 11.7 Å². The second kappa shape index (κ2) is 6.66. The predicted molar refractivity (Wildman–Crippen MR) is 91.4 cm³/mol. The Morgan fingerprint density at radius 3 is 2.57 bits per heavy atom. The number of nitrogens with zero attached hydrogens (tertiary/aromatic N) is 1. The second-order valence-corrected chi connectivity index (χ2v) is 7.26. The van der Waals surface area contributed by atoms with Gasteiger partial charge in [-0.05, 0) is 52.9 Å². The van der Waals surface area contributed by atoms with Crippen LogP contribution >= 0.6 is 15.9 Å². The highest BCUT2D eigenvalue weighted by Gasteiger charge is 2.38. The first-order valence-electron chi connectivity index (χ1n) is 7.89. The lowest BCUT2D eigenvalue weighted by Crippen LogP contribution is -2.65. The molecule has 1 fully saturated rings. The fourth-order valence-corrected chi connectivity index (χ4v) is 3.81. The van der Waals surface area contributed by atoms with Gasteiger partial charge in [0, 0.05) is 29.1 Å². The molecule has 2 rings (SSSR count). The summed E-state index contributed by atoms with van der Waals surface area (Å²) in [7, 11) is 0. The Balaban J connectivity index is 2.38. The molecular weight excluding hydrogens is 331 g/mol. The number of anilines is 1. The van der Waals surface area contributed by atoms with Gasteiger partial charge in [0.15, 0.2) is 0 Å². The number of hydrogen-bond donors (Lipinski definition) is 1. The summed E-state index contributed by atoms with van der Waals surface area (Å²) in [5.74, 6) is 0.347. The average Bonchev–Trinajstić information content (AvgIpc) is 2.46. The normalized spacial score (nSPS) is 21.9. The van der Waals surface area contributed by atoms with Crippen molar-refractivity contribution in [1.29, 1.82) is 0 Å². The molecule has 1 aliphatic heterocycles. The summed E-state index contributed by atoms with van der Waals surface area (Å²) in [6.45, 7) is 10.9. The molecule has 0 spiro atoms. The molecule has 4 heteroatoms. The van der Waals surface area contributed by atoms with Crippen LogP contribution in [0.1, 0.15) is 40.5 Å². The van der Waals surface area contributed by atoms with Crippen molar-refractivity contribution >= 4 is 21.6 Å². The molecule has 1 aromatic carbocycles. The Morgan fingerprint density at radius 2 is 2.05 bits per heavy atom. The molecule has 0 aliphatic carbocycles. The lowest BCUT2D eigenvalue weighted by molar-refractivity contribution is 0.227. The fourth-order valence-electron chi connectivity index (χ4n) is 3.23. The minimum atomic E-state index is -0.195. The van der Waals surface area contributed by atoms with Gasteiger partial charge in [-0.15, -0.1) is 0 Å². The van der Waals surface area contributed by atoms with Gasteiger partial charge in [0.05, 0.1) is 5.69 Å². The van der Waals surface area contributed by atoms with E-state index in [0.29, 0.717) is 12.0 Å². The molecule has 1 unspecified atom stereocenters. The molecule has 0 bridgehead atoms. The molecule has 0 radical (unpaired) electrons. The lowest BCUT2D eigenvalue weighted by atomic mass is 9.86. The van der Waals surface area contributed by atoms with Gasteiger partial charge in [-0.3, -0.25) is 0 Å². The zero-order valence-corrected chi connectivity index (χ0v) is 15.0. The summed E-state index contributed by atoms with van der Waals surface area (Å²) in [5, 5.41) is 3.76. The van der Waals surface area contributed by atoms with Crippen LogP contribution in [0.3, 0.4) is 0 Å². The van der Waals surface area contributed by atoms with Crippen LogP contribution in [0.25, 0.3) is 0 Å². The maximum atomic E-state index is 13.4. The number of benzene rings is 1. The lowest BCUT2D eigenvalue weighted by Gasteiger charge is -2.50. The molecule has 21 heavy (non-hydrogen) atoms. The number of piperazine rings is 1. The van der Waals surface area contributed by atoms with Crippen LogP contribution in [0.15, 0.2) is 22.7 Å². The number of hydrogen-bond acceptors (Lipinski definition) is 2. The molecule has 0 amide bonds. The van der Waals surface area contributed by atoms with E-state index in [9.17, 15) is 4.39 Å². The van der Waals surface area contributed by atoms with Crippen molar-refractivity contribution in [3.8, 4) is 0 Å². The van der Waals surface area contributed by atoms with Gasteiger partial charge in [-0.25, -0.2) is 4.39 Å². The van der Waals surface area contributed by atoms with E-state index in [4.69, 9.17) is 0 Å². The van der Waals surface area contributed by atoms with Crippen molar-refractivity contribution in [2.24, 2.45) is 5.92 Å². The summed E-state index contributed by atoms with van der Waals surface area (Å²) in [4.78, 5) is 2.46. The topological polar surface area (TPSA) is 15.3 Å². The summed E-state index contributed by atoms with van der Waals surface area (Å²) in [6.07, 6.45) is 2.20. The van der Waals surface area contributed by atoms with Crippen molar-refractivity contribution < 1.29 is 4.39 Å². The van der Waals surface area contributed by atoms with Crippen molar-refractivity contribution in [1.82, 2.24) is 5.32 Å². The van der Waals surface area contributed by atoms with Crippen molar-refractivity contribution in [2.75, 3.05) is 18.0 Å². The van der Waals surface area contributed by atoms with E-state index in [1.165, 1.54) is 0 Å². The number of nitrogens with one attached hydrogen (secondary N) is 1. The van der Waals surface area contributed by atoms with Crippen LogP contribution in [0.5, 0.6) is 0 Å². The van der Waals surface area contributed by atoms with Crippen LogP contribution in [0.4, 0.5) is 10.1 Å². The minimum Gasteiger partial charge on any atom is -0.364 e. The van der Waals surface area contributed by atoms with Crippen molar-refractivity contribution in [3.05, 3.63) is 28.5 Å². The number of halogens is 2. The van der Waals surface area contributed by atoms with E-state index in [1.54, 1.807) is 12.1 Å². The van der Waals surface area contributed by atoms with Gasteiger partial charge >= 0.3 is 0 Å². The van der Waals surface area contributed by atoms with Gasteiger partial charge in [0.25, 0.3) is 0 Å². The van der Waals surface area contributed by atoms with Crippen LogP contribution in [0.2, 0.25) is 0 Å². The average molecular weight is 357 g/mol. The highest BCUT2D eigenvalue weighted by Crippen LogP contribution is 2.34. The van der Waals surface area contributed by atoms with Gasteiger partial charge in [0.1, 0.15) is 5.82 Å². The third kappa shape index (κ3) is 3.42. The Labute approximate surface area is 136 Å². The van der Waals surface area contributed by atoms with Crippen molar-refractivity contribution in [2.45, 2.75) is 52.1 Å². The molecular formula is C17H26BrFN2. The van der Waals surface area contributed by atoms with Crippen molar-refractivity contribution in [3.63, 3.8) is 0 Å². The molecule has 1 heterocycles. The van der Waals surface area contributed by atoms with E-state index in [1.807, 2.05) is 6.07 Å². The Hall–Kier alpha value is -0.610. The van der Waals surface area contributed by atoms with E-state index >= 15 is 0 Å². The Morgan fingerprint density at radius 1 is 1.38 bits per heavy atom.